The minimum absolute atomic E-state index is 0.00569. The summed E-state index contributed by atoms with van der Waals surface area (Å²) in [6.07, 6.45) is 1.23. The Morgan fingerprint density at radius 3 is 2.46 bits per heavy atom. The minimum atomic E-state index is -0.553. The van der Waals surface area contributed by atoms with Crippen LogP contribution in [0.3, 0.4) is 0 Å². The van der Waals surface area contributed by atoms with E-state index in [1.54, 1.807) is 11.0 Å². The van der Waals surface area contributed by atoms with Gasteiger partial charge in [-0.3, -0.25) is 9.59 Å². The fraction of sp³-hybridized carbons (Fsp3) is 0.619. The van der Waals surface area contributed by atoms with Crippen LogP contribution in [0, 0.1) is 17.2 Å². The Kier molecular flexibility index (Phi) is 7.41. The third-order valence-corrected chi connectivity index (χ3v) is 5.04. The summed E-state index contributed by atoms with van der Waals surface area (Å²) < 4.78 is 18.7. The summed E-state index contributed by atoms with van der Waals surface area (Å²) >= 11 is 0. The molecule has 1 aromatic rings. The summed E-state index contributed by atoms with van der Waals surface area (Å²) in [5.74, 6) is -0.694. The molecule has 2 rings (SSSR count). The Balaban J connectivity index is 1.85. The zero-order valence-corrected chi connectivity index (χ0v) is 17.5. The second kappa shape index (κ2) is 9.37. The van der Waals surface area contributed by atoms with Crippen molar-refractivity contribution in [3.63, 3.8) is 0 Å². The van der Waals surface area contributed by atoms with Crippen molar-refractivity contribution in [1.82, 2.24) is 15.1 Å². The lowest BCUT2D eigenvalue weighted by molar-refractivity contribution is -0.126. The van der Waals surface area contributed by atoms with Crippen molar-refractivity contribution in [2.24, 2.45) is 11.3 Å². The molecule has 0 saturated carbocycles. The Bertz CT molecular complexity index is 698. The van der Waals surface area contributed by atoms with E-state index in [4.69, 9.17) is 4.74 Å². The van der Waals surface area contributed by atoms with Gasteiger partial charge in [-0.25, -0.2) is 4.39 Å². The first-order valence-corrected chi connectivity index (χ1v) is 9.68. The van der Waals surface area contributed by atoms with Gasteiger partial charge in [-0.2, -0.15) is 0 Å². The fourth-order valence-electron chi connectivity index (χ4n) is 3.71. The van der Waals surface area contributed by atoms with E-state index in [0.717, 1.165) is 6.54 Å². The van der Waals surface area contributed by atoms with Crippen LogP contribution >= 0.6 is 0 Å². The topological polar surface area (TPSA) is 61.9 Å². The van der Waals surface area contributed by atoms with Gasteiger partial charge in [0.05, 0.1) is 7.11 Å². The van der Waals surface area contributed by atoms with Crippen LogP contribution in [0.2, 0.25) is 0 Å². The first kappa shape index (κ1) is 22.1. The van der Waals surface area contributed by atoms with Gasteiger partial charge in [-0.05, 0) is 50.6 Å². The quantitative estimate of drug-likeness (QED) is 0.773. The molecule has 28 heavy (non-hydrogen) atoms. The Morgan fingerprint density at radius 2 is 1.93 bits per heavy atom. The molecule has 1 aliphatic rings. The highest BCUT2D eigenvalue weighted by Crippen LogP contribution is 2.23. The van der Waals surface area contributed by atoms with E-state index in [0.29, 0.717) is 38.0 Å². The highest BCUT2D eigenvalue weighted by Gasteiger charge is 2.29. The van der Waals surface area contributed by atoms with Crippen molar-refractivity contribution >= 4 is 11.8 Å². The van der Waals surface area contributed by atoms with Crippen molar-refractivity contribution in [2.45, 2.75) is 26.7 Å². The van der Waals surface area contributed by atoms with E-state index >= 15 is 0 Å². The molecule has 0 spiro atoms. The number of benzene rings is 1. The molecular formula is C21H32FN3O3. The van der Waals surface area contributed by atoms with Gasteiger partial charge in [0.2, 0.25) is 5.91 Å². The highest BCUT2D eigenvalue weighted by atomic mass is 19.1. The van der Waals surface area contributed by atoms with E-state index in [-0.39, 0.29) is 28.9 Å². The number of hydrogen-bond acceptors (Lipinski definition) is 4. The average Bonchev–Trinajstić information content (AvgIpc) is 2.64. The maximum Gasteiger partial charge on any atom is 0.253 e. The molecule has 0 radical (unpaired) electrons. The van der Waals surface area contributed by atoms with Crippen molar-refractivity contribution < 1.29 is 18.7 Å². The SMILES string of the molecule is COc1ccc(C(=O)N2CCC(C(=O)NCC(C)(C)CN(C)C)CC2)cc1F. The molecule has 0 atom stereocenters. The lowest BCUT2D eigenvalue weighted by atomic mass is 9.91. The number of nitrogens with zero attached hydrogens (tertiary/aromatic N) is 2. The molecule has 1 N–H and O–H groups in total. The zero-order valence-electron chi connectivity index (χ0n) is 17.5. The van der Waals surface area contributed by atoms with E-state index < -0.39 is 5.82 Å². The van der Waals surface area contributed by atoms with Gasteiger partial charge >= 0.3 is 0 Å². The van der Waals surface area contributed by atoms with Crippen LogP contribution in [0.1, 0.15) is 37.0 Å². The van der Waals surface area contributed by atoms with Crippen LogP contribution in [0.25, 0.3) is 0 Å². The van der Waals surface area contributed by atoms with Gasteiger partial charge in [-0.1, -0.05) is 13.8 Å². The molecule has 0 aromatic heterocycles. The van der Waals surface area contributed by atoms with Crippen LogP contribution in [0.5, 0.6) is 5.75 Å². The third kappa shape index (κ3) is 5.92. The number of nitrogens with one attached hydrogen (secondary N) is 1. The van der Waals surface area contributed by atoms with Crippen LogP contribution in [-0.2, 0) is 4.79 Å². The number of hydrogen-bond donors (Lipinski definition) is 1. The van der Waals surface area contributed by atoms with Gasteiger partial charge in [0.15, 0.2) is 11.6 Å². The number of amides is 2. The van der Waals surface area contributed by atoms with E-state index in [2.05, 4.69) is 24.1 Å². The molecular weight excluding hydrogens is 361 g/mol. The second-order valence-electron chi connectivity index (χ2n) is 8.54. The molecule has 156 valence electrons. The van der Waals surface area contributed by atoms with Gasteiger partial charge in [-0.15, -0.1) is 0 Å². The van der Waals surface area contributed by atoms with E-state index in [1.165, 1.54) is 19.2 Å². The number of ether oxygens (including phenoxy) is 1. The smallest absolute Gasteiger partial charge is 0.253 e. The minimum Gasteiger partial charge on any atom is -0.494 e. The molecule has 1 aromatic carbocycles. The number of likely N-dealkylation sites (tertiary alicyclic amines) is 1. The largest absolute Gasteiger partial charge is 0.494 e. The van der Waals surface area contributed by atoms with Gasteiger partial charge in [0.25, 0.3) is 5.91 Å². The van der Waals surface area contributed by atoms with Crippen LogP contribution in [-0.4, -0.2) is 69.0 Å². The number of methoxy groups -OCH3 is 1. The molecule has 1 aliphatic heterocycles. The van der Waals surface area contributed by atoms with Crippen molar-refractivity contribution in [2.75, 3.05) is 47.4 Å². The standard InChI is InChI=1S/C21H32FN3O3/c1-21(2,14-24(3)4)13-23-19(26)15-8-10-25(11-9-15)20(27)16-6-7-18(28-5)17(22)12-16/h6-7,12,15H,8-11,13-14H2,1-5H3,(H,23,26). The molecule has 0 bridgehead atoms. The third-order valence-electron chi connectivity index (χ3n) is 5.04. The Hall–Kier alpha value is -2.15. The Morgan fingerprint density at radius 1 is 1.29 bits per heavy atom. The normalized spacial score (nSPS) is 15.6. The van der Waals surface area contributed by atoms with Gasteiger partial charge < -0.3 is 19.9 Å². The van der Waals surface area contributed by atoms with Crippen molar-refractivity contribution in [3.05, 3.63) is 29.6 Å². The van der Waals surface area contributed by atoms with Crippen molar-refractivity contribution in [1.29, 1.82) is 0 Å². The van der Waals surface area contributed by atoms with Crippen LogP contribution in [0.4, 0.5) is 4.39 Å². The number of rotatable bonds is 7. The predicted molar refractivity (Wildman–Crippen MR) is 107 cm³/mol. The van der Waals surface area contributed by atoms with Crippen LogP contribution in [0.15, 0.2) is 18.2 Å². The first-order chi connectivity index (χ1) is 13.1. The molecule has 1 heterocycles. The van der Waals surface area contributed by atoms with Gasteiger partial charge in [0.1, 0.15) is 0 Å². The zero-order chi connectivity index (χ0) is 20.9. The first-order valence-electron chi connectivity index (χ1n) is 9.68. The maximum atomic E-state index is 13.9. The van der Waals surface area contributed by atoms with Crippen LogP contribution < -0.4 is 10.1 Å². The average molecular weight is 394 g/mol. The monoisotopic (exact) mass is 393 g/mol. The summed E-state index contributed by atoms with van der Waals surface area (Å²) in [7, 11) is 5.42. The number of piperidine rings is 1. The summed E-state index contributed by atoms with van der Waals surface area (Å²) in [6.45, 7) is 6.75. The highest BCUT2D eigenvalue weighted by molar-refractivity contribution is 5.94. The summed E-state index contributed by atoms with van der Waals surface area (Å²) in [6, 6.07) is 4.22. The van der Waals surface area contributed by atoms with Crippen molar-refractivity contribution in [3.8, 4) is 5.75 Å². The van der Waals surface area contributed by atoms with E-state index in [1.807, 2.05) is 14.1 Å². The maximum absolute atomic E-state index is 13.9. The lowest BCUT2D eigenvalue weighted by Crippen LogP contribution is -2.46. The number of halogens is 1. The second-order valence-corrected chi connectivity index (χ2v) is 8.54. The molecule has 1 saturated heterocycles. The summed E-state index contributed by atoms with van der Waals surface area (Å²) in [4.78, 5) is 28.9. The van der Waals surface area contributed by atoms with E-state index in [9.17, 15) is 14.0 Å². The molecule has 6 nitrogen and oxygen atoms in total. The number of carbonyl (C=O) groups is 2. The van der Waals surface area contributed by atoms with Gasteiger partial charge in [0, 0.05) is 37.7 Å². The molecule has 0 unspecified atom stereocenters. The summed E-state index contributed by atoms with van der Waals surface area (Å²) in [5, 5.41) is 3.06. The molecule has 7 heteroatoms. The number of carbonyl (C=O) groups excluding carboxylic acids is 2. The molecule has 2 amide bonds. The Labute approximate surface area is 167 Å². The molecule has 0 aliphatic carbocycles. The lowest BCUT2D eigenvalue weighted by Gasteiger charge is -2.33. The summed E-state index contributed by atoms with van der Waals surface area (Å²) in [5.41, 5.74) is 0.292. The predicted octanol–water partition coefficient (Wildman–Crippen LogP) is 2.39. The molecule has 1 fully saturated rings. The fourth-order valence-corrected chi connectivity index (χ4v) is 3.71.